The predicted molar refractivity (Wildman–Crippen MR) is 107 cm³/mol. The Morgan fingerprint density at radius 3 is 2.64 bits per heavy atom. The van der Waals surface area contributed by atoms with Crippen LogP contribution in [0.25, 0.3) is 11.0 Å². The lowest BCUT2D eigenvalue weighted by Gasteiger charge is -2.26. The summed E-state index contributed by atoms with van der Waals surface area (Å²) in [6.07, 6.45) is 1.38. The van der Waals surface area contributed by atoms with Crippen molar-refractivity contribution in [3.05, 3.63) is 51.9 Å². The van der Waals surface area contributed by atoms with Gasteiger partial charge in [-0.05, 0) is 43.5 Å². The first-order valence-corrected chi connectivity index (χ1v) is 9.48. The summed E-state index contributed by atoms with van der Waals surface area (Å²) in [5, 5.41) is 0.827. The van der Waals surface area contributed by atoms with Crippen LogP contribution in [-0.2, 0) is 16.0 Å². The lowest BCUT2D eigenvalue weighted by atomic mass is 10.0. The second-order valence-corrected chi connectivity index (χ2v) is 7.32. The molecule has 0 atom stereocenters. The van der Waals surface area contributed by atoms with E-state index in [9.17, 15) is 14.4 Å². The number of carbonyl (C=O) groups excluding carboxylic acids is 2. The molecule has 2 heterocycles. The van der Waals surface area contributed by atoms with Gasteiger partial charge in [-0.25, -0.2) is 4.79 Å². The fourth-order valence-corrected chi connectivity index (χ4v) is 3.36. The number of amides is 1. The predicted octanol–water partition coefficient (Wildman–Crippen LogP) is 3.18. The molecule has 1 aliphatic heterocycles. The number of fused-ring (bicyclic) bond motifs is 1. The van der Waals surface area contributed by atoms with E-state index in [0.717, 1.165) is 16.5 Å². The van der Waals surface area contributed by atoms with Crippen LogP contribution >= 0.6 is 0 Å². The standard InChI is InChI=1S/C22H25NO5/c1-14(2)13-27-17-4-5-18-15(3)19(22(26)28-20(18)12-17)6-7-21(25)23-10-8-16(24)9-11-23/h4-5,12H,1,6-11,13H2,2-3H3. The van der Waals surface area contributed by atoms with E-state index in [1.807, 2.05) is 26.0 Å². The van der Waals surface area contributed by atoms with Crippen molar-refractivity contribution < 1.29 is 18.7 Å². The summed E-state index contributed by atoms with van der Waals surface area (Å²) in [5.41, 5.74) is 2.27. The third-order valence-corrected chi connectivity index (χ3v) is 5.01. The first-order valence-electron chi connectivity index (χ1n) is 9.48. The quantitative estimate of drug-likeness (QED) is 0.566. The van der Waals surface area contributed by atoms with E-state index in [-0.39, 0.29) is 18.1 Å². The Kier molecular flexibility index (Phi) is 5.97. The van der Waals surface area contributed by atoms with Gasteiger partial charge < -0.3 is 14.1 Å². The van der Waals surface area contributed by atoms with E-state index in [2.05, 4.69) is 6.58 Å². The van der Waals surface area contributed by atoms with Crippen LogP contribution in [0.3, 0.4) is 0 Å². The van der Waals surface area contributed by atoms with Gasteiger partial charge in [0.1, 0.15) is 23.7 Å². The van der Waals surface area contributed by atoms with Gasteiger partial charge in [0, 0.05) is 49.4 Å². The maximum absolute atomic E-state index is 12.5. The number of ketones is 1. The first-order chi connectivity index (χ1) is 13.3. The van der Waals surface area contributed by atoms with E-state index in [1.54, 1.807) is 11.0 Å². The van der Waals surface area contributed by atoms with E-state index in [0.29, 0.717) is 55.9 Å². The van der Waals surface area contributed by atoms with Gasteiger partial charge in [-0.1, -0.05) is 6.58 Å². The Hall–Kier alpha value is -2.89. The highest BCUT2D eigenvalue weighted by Gasteiger charge is 2.21. The molecule has 3 rings (SSSR count). The SMILES string of the molecule is C=C(C)COc1ccc2c(C)c(CCC(=O)N3CCC(=O)CC3)c(=O)oc2c1. The molecule has 0 bridgehead atoms. The average Bonchev–Trinajstić information content (AvgIpc) is 2.66. The zero-order valence-electron chi connectivity index (χ0n) is 16.4. The highest BCUT2D eigenvalue weighted by atomic mass is 16.5. The number of hydrogen-bond donors (Lipinski definition) is 0. The molecule has 2 aromatic rings. The molecule has 6 heteroatoms. The normalized spacial score (nSPS) is 14.4. The first kappa shape index (κ1) is 19.9. The number of Topliss-reactive ketones (excluding diaryl/α,β-unsaturated/α-hetero) is 1. The number of carbonyl (C=O) groups is 2. The second-order valence-electron chi connectivity index (χ2n) is 7.32. The van der Waals surface area contributed by atoms with E-state index in [1.165, 1.54) is 0 Å². The molecule has 0 unspecified atom stereocenters. The molecule has 1 aliphatic rings. The number of ether oxygens (including phenoxy) is 1. The molecule has 148 valence electrons. The number of aryl methyl sites for hydroxylation is 1. The van der Waals surface area contributed by atoms with E-state index >= 15 is 0 Å². The molecule has 0 N–H and O–H groups in total. The van der Waals surface area contributed by atoms with Crippen molar-refractivity contribution in [2.45, 2.75) is 39.5 Å². The Morgan fingerprint density at radius 2 is 1.96 bits per heavy atom. The van der Waals surface area contributed by atoms with Crippen LogP contribution < -0.4 is 10.4 Å². The van der Waals surface area contributed by atoms with Crippen LogP contribution in [0.4, 0.5) is 0 Å². The Bertz CT molecular complexity index is 978. The van der Waals surface area contributed by atoms with Crippen molar-refractivity contribution in [3.63, 3.8) is 0 Å². The number of rotatable bonds is 6. The molecule has 0 radical (unpaired) electrons. The molecule has 1 aromatic carbocycles. The van der Waals surface area contributed by atoms with Crippen molar-refractivity contribution in [1.29, 1.82) is 0 Å². The molecule has 28 heavy (non-hydrogen) atoms. The van der Waals surface area contributed by atoms with Crippen LogP contribution in [0.15, 0.2) is 39.6 Å². The third-order valence-electron chi connectivity index (χ3n) is 5.01. The fourth-order valence-electron chi connectivity index (χ4n) is 3.36. The smallest absolute Gasteiger partial charge is 0.339 e. The Labute approximate surface area is 163 Å². The third kappa shape index (κ3) is 4.50. The van der Waals surface area contributed by atoms with Gasteiger partial charge in [0.15, 0.2) is 0 Å². The van der Waals surface area contributed by atoms with Crippen LogP contribution in [-0.4, -0.2) is 36.3 Å². The van der Waals surface area contributed by atoms with Crippen molar-refractivity contribution in [1.82, 2.24) is 4.90 Å². The van der Waals surface area contributed by atoms with Crippen molar-refractivity contribution >= 4 is 22.7 Å². The van der Waals surface area contributed by atoms with Gasteiger partial charge in [0.05, 0.1) is 0 Å². The van der Waals surface area contributed by atoms with Gasteiger partial charge in [0.2, 0.25) is 5.91 Å². The highest BCUT2D eigenvalue weighted by molar-refractivity contribution is 5.84. The topological polar surface area (TPSA) is 76.8 Å². The maximum Gasteiger partial charge on any atom is 0.339 e. The largest absolute Gasteiger partial charge is 0.489 e. The summed E-state index contributed by atoms with van der Waals surface area (Å²) in [4.78, 5) is 37.9. The minimum atomic E-state index is -0.427. The molecule has 1 amide bonds. The molecular weight excluding hydrogens is 358 g/mol. The van der Waals surface area contributed by atoms with Gasteiger partial charge in [0.25, 0.3) is 0 Å². The number of hydrogen-bond acceptors (Lipinski definition) is 5. The van der Waals surface area contributed by atoms with Gasteiger partial charge in [-0.15, -0.1) is 0 Å². The summed E-state index contributed by atoms with van der Waals surface area (Å²) in [5.74, 6) is 0.775. The molecule has 1 fully saturated rings. The van der Waals surface area contributed by atoms with Gasteiger partial charge in [-0.2, -0.15) is 0 Å². The second kappa shape index (κ2) is 8.42. The Morgan fingerprint density at radius 1 is 1.25 bits per heavy atom. The molecule has 0 aliphatic carbocycles. The zero-order chi connectivity index (χ0) is 20.3. The molecule has 0 saturated carbocycles. The monoisotopic (exact) mass is 383 g/mol. The van der Waals surface area contributed by atoms with Crippen LogP contribution in [0.5, 0.6) is 5.75 Å². The summed E-state index contributed by atoms with van der Waals surface area (Å²) in [6.45, 7) is 8.88. The van der Waals surface area contributed by atoms with Crippen LogP contribution in [0.1, 0.15) is 37.3 Å². The number of nitrogens with zero attached hydrogens (tertiary/aromatic N) is 1. The van der Waals surface area contributed by atoms with Crippen LogP contribution in [0.2, 0.25) is 0 Å². The zero-order valence-corrected chi connectivity index (χ0v) is 16.4. The van der Waals surface area contributed by atoms with E-state index < -0.39 is 5.63 Å². The Balaban J connectivity index is 1.75. The van der Waals surface area contributed by atoms with Crippen molar-refractivity contribution in [3.8, 4) is 5.75 Å². The summed E-state index contributed by atoms with van der Waals surface area (Å²) < 4.78 is 11.1. The number of likely N-dealkylation sites (tertiary alicyclic amines) is 1. The maximum atomic E-state index is 12.5. The number of piperidine rings is 1. The molecular formula is C22H25NO5. The van der Waals surface area contributed by atoms with Gasteiger partial charge >= 0.3 is 5.63 Å². The fraction of sp³-hybridized carbons (Fsp3) is 0.409. The minimum absolute atomic E-state index is 0.0325. The number of benzene rings is 1. The lowest BCUT2D eigenvalue weighted by molar-refractivity contribution is -0.134. The van der Waals surface area contributed by atoms with Crippen molar-refractivity contribution in [2.24, 2.45) is 0 Å². The summed E-state index contributed by atoms with van der Waals surface area (Å²) >= 11 is 0. The minimum Gasteiger partial charge on any atom is -0.489 e. The molecule has 0 spiro atoms. The summed E-state index contributed by atoms with van der Waals surface area (Å²) in [7, 11) is 0. The van der Waals surface area contributed by atoms with Crippen LogP contribution in [0, 0.1) is 6.92 Å². The highest BCUT2D eigenvalue weighted by Crippen LogP contribution is 2.25. The average molecular weight is 383 g/mol. The molecule has 1 aromatic heterocycles. The van der Waals surface area contributed by atoms with E-state index in [4.69, 9.17) is 9.15 Å². The molecule has 6 nitrogen and oxygen atoms in total. The summed E-state index contributed by atoms with van der Waals surface area (Å²) in [6, 6.07) is 5.40. The molecule has 1 saturated heterocycles. The van der Waals surface area contributed by atoms with Gasteiger partial charge in [-0.3, -0.25) is 9.59 Å². The van der Waals surface area contributed by atoms with Crippen molar-refractivity contribution in [2.75, 3.05) is 19.7 Å². The lowest BCUT2D eigenvalue weighted by Crippen LogP contribution is -2.38.